The molecule has 0 bridgehead atoms. The first-order valence-electron chi connectivity index (χ1n) is 7.45. The maximum atomic E-state index is 10.5. The lowest BCUT2D eigenvalue weighted by Crippen LogP contribution is -2.01. The Morgan fingerprint density at radius 3 is 2.21 bits per heavy atom. The number of phenols is 1. The Morgan fingerprint density at radius 2 is 1.58 bits per heavy atom. The van der Waals surface area contributed by atoms with Gasteiger partial charge in [-0.2, -0.15) is 0 Å². The fourth-order valence-corrected chi connectivity index (χ4v) is 3.04. The van der Waals surface area contributed by atoms with Crippen molar-refractivity contribution in [1.82, 2.24) is 0 Å². The van der Waals surface area contributed by atoms with E-state index >= 15 is 0 Å². The molecule has 2 aromatic rings. The average Bonchev–Trinajstić information content (AvgIpc) is 2.80. The number of ether oxygens (including phenoxy) is 5. The lowest BCUT2D eigenvalue weighted by molar-refractivity contribution is 0.107. The summed E-state index contributed by atoms with van der Waals surface area (Å²) in [7, 11) is 6.23. The molecule has 0 radical (unpaired) electrons. The molecule has 0 spiro atoms. The molecule has 0 saturated heterocycles. The Labute approximate surface area is 140 Å². The fourth-order valence-electron chi connectivity index (χ4n) is 3.04. The highest BCUT2D eigenvalue weighted by Gasteiger charge is 2.27. The van der Waals surface area contributed by atoms with Gasteiger partial charge in [-0.1, -0.05) is 0 Å². The van der Waals surface area contributed by atoms with Crippen molar-refractivity contribution in [3.05, 3.63) is 29.3 Å². The van der Waals surface area contributed by atoms with Crippen molar-refractivity contribution in [2.45, 2.75) is 13.2 Å². The minimum atomic E-state index is 0.0692. The maximum Gasteiger partial charge on any atom is 0.203 e. The molecule has 0 aromatic heterocycles. The monoisotopic (exact) mass is 332 g/mol. The summed E-state index contributed by atoms with van der Waals surface area (Å²) >= 11 is 0. The van der Waals surface area contributed by atoms with Gasteiger partial charge in [-0.15, -0.1) is 0 Å². The minimum absolute atomic E-state index is 0.0692. The average molecular weight is 332 g/mol. The summed E-state index contributed by atoms with van der Waals surface area (Å²) in [5.41, 5.74) is 3.19. The summed E-state index contributed by atoms with van der Waals surface area (Å²) in [6.45, 7) is 0.628. The molecular weight excluding hydrogens is 312 g/mol. The van der Waals surface area contributed by atoms with Gasteiger partial charge in [-0.25, -0.2) is 0 Å². The third-order valence-corrected chi connectivity index (χ3v) is 4.15. The van der Waals surface area contributed by atoms with Gasteiger partial charge in [0.05, 0.1) is 41.7 Å². The molecule has 0 unspecified atom stereocenters. The number of benzene rings is 2. The van der Waals surface area contributed by atoms with Gasteiger partial charge in [0, 0.05) is 11.1 Å². The highest BCUT2D eigenvalue weighted by atomic mass is 16.5. The highest BCUT2D eigenvalue weighted by Crippen LogP contribution is 2.50. The van der Waals surface area contributed by atoms with Crippen molar-refractivity contribution < 1.29 is 28.8 Å². The highest BCUT2D eigenvalue weighted by molar-refractivity contribution is 5.83. The first-order valence-corrected chi connectivity index (χ1v) is 7.45. The summed E-state index contributed by atoms with van der Waals surface area (Å²) in [6.07, 6.45) is 0. The van der Waals surface area contributed by atoms with Crippen LogP contribution in [0.25, 0.3) is 11.1 Å². The molecule has 1 aliphatic heterocycles. The molecule has 24 heavy (non-hydrogen) atoms. The van der Waals surface area contributed by atoms with E-state index in [1.807, 2.05) is 12.1 Å². The van der Waals surface area contributed by atoms with Crippen LogP contribution in [0.2, 0.25) is 0 Å². The quantitative estimate of drug-likeness (QED) is 0.928. The van der Waals surface area contributed by atoms with Crippen LogP contribution in [0.1, 0.15) is 11.1 Å². The van der Waals surface area contributed by atoms with E-state index in [4.69, 9.17) is 23.7 Å². The van der Waals surface area contributed by atoms with Gasteiger partial charge < -0.3 is 28.8 Å². The molecule has 128 valence electrons. The normalized spacial score (nSPS) is 12.7. The van der Waals surface area contributed by atoms with Crippen molar-refractivity contribution in [2.75, 3.05) is 28.4 Å². The van der Waals surface area contributed by atoms with E-state index in [0.717, 1.165) is 16.7 Å². The van der Waals surface area contributed by atoms with Crippen LogP contribution in [0.5, 0.6) is 28.7 Å². The molecule has 6 heteroatoms. The van der Waals surface area contributed by atoms with E-state index in [2.05, 4.69) is 0 Å². The first-order chi connectivity index (χ1) is 11.7. The summed E-state index contributed by atoms with van der Waals surface area (Å²) in [5.74, 6) is 2.09. The van der Waals surface area contributed by atoms with Crippen molar-refractivity contribution in [2.24, 2.45) is 0 Å². The van der Waals surface area contributed by atoms with Crippen LogP contribution in [0.4, 0.5) is 0 Å². The molecule has 0 aliphatic carbocycles. The van der Waals surface area contributed by atoms with E-state index in [0.29, 0.717) is 35.2 Å². The SMILES string of the molecule is COc1ccc2c(c1O)COCc1cc(OC)c(OC)c(OC)c1-2. The predicted octanol–water partition coefficient (Wildman–Crippen LogP) is 3.12. The van der Waals surface area contributed by atoms with Gasteiger partial charge in [-0.05, 0) is 29.3 Å². The van der Waals surface area contributed by atoms with Gasteiger partial charge in [0.15, 0.2) is 23.0 Å². The van der Waals surface area contributed by atoms with Gasteiger partial charge in [-0.3, -0.25) is 0 Å². The van der Waals surface area contributed by atoms with Crippen LogP contribution in [0, 0.1) is 0 Å². The lowest BCUT2D eigenvalue weighted by Gasteiger charge is -2.19. The summed E-state index contributed by atoms with van der Waals surface area (Å²) in [4.78, 5) is 0. The molecule has 1 N–H and O–H groups in total. The summed E-state index contributed by atoms with van der Waals surface area (Å²) in [5, 5.41) is 10.5. The number of aromatic hydroxyl groups is 1. The van der Waals surface area contributed by atoms with Crippen LogP contribution in [0.15, 0.2) is 18.2 Å². The molecule has 0 atom stereocenters. The Kier molecular flexibility index (Phi) is 4.40. The number of methoxy groups -OCH3 is 4. The molecule has 3 rings (SSSR count). The number of rotatable bonds is 4. The largest absolute Gasteiger partial charge is 0.504 e. The number of hydrogen-bond acceptors (Lipinski definition) is 6. The number of phenolic OH excluding ortho intramolecular Hbond substituents is 1. The van der Waals surface area contributed by atoms with Crippen LogP contribution in [-0.4, -0.2) is 33.5 Å². The Bertz CT molecular complexity index is 769. The van der Waals surface area contributed by atoms with E-state index in [1.54, 1.807) is 27.4 Å². The van der Waals surface area contributed by atoms with Crippen LogP contribution in [-0.2, 0) is 18.0 Å². The smallest absolute Gasteiger partial charge is 0.203 e. The van der Waals surface area contributed by atoms with E-state index in [-0.39, 0.29) is 12.4 Å². The Balaban J connectivity index is 2.35. The third-order valence-electron chi connectivity index (χ3n) is 4.15. The van der Waals surface area contributed by atoms with E-state index in [1.165, 1.54) is 7.11 Å². The van der Waals surface area contributed by atoms with Crippen molar-refractivity contribution in [1.29, 1.82) is 0 Å². The van der Waals surface area contributed by atoms with Gasteiger partial charge >= 0.3 is 0 Å². The molecule has 0 saturated carbocycles. The fraction of sp³-hybridized carbons (Fsp3) is 0.333. The summed E-state index contributed by atoms with van der Waals surface area (Å²) in [6, 6.07) is 5.47. The molecule has 6 nitrogen and oxygen atoms in total. The van der Waals surface area contributed by atoms with Crippen molar-refractivity contribution in [3.63, 3.8) is 0 Å². The van der Waals surface area contributed by atoms with Gasteiger partial charge in [0.2, 0.25) is 5.75 Å². The van der Waals surface area contributed by atoms with Crippen molar-refractivity contribution in [3.8, 4) is 39.9 Å². The molecule has 1 heterocycles. The Morgan fingerprint density at radius 1 is 0.875 bits per heavy atom. The zero-order valence-electron chi connectivity index (χ0n) is 14.1. The lowest BCUT2D eigenvalue weighted by atomic mass is 9.94. The second-order valence-electron chi connectivity index (χ2n) is 5.31. The predicted molar refractivity (Wildman–Crippen MR) is 88.2 cm³/mol. The standard InChI is InChI=1S/C18H20O6/c1-20-13-6-5-11-12(16(13)19)9-24-8-10-7-14(21-2)17(22-3)18(23-4)15(10)11/h5-7,19H,8-9H2,1-4H3. The van der Waals surface area contributed by atoms with Crippen molar-refractivity contribution >= 4 is 0 Å². The second kappa shape index (κ2) is 6.49. The van der Waals surface area contributed by atoms with Crippen LogP contribution < -0.4 is 18.9 Å². The number of fused-ring (bicyclic) bond motifs is 3. The third kappa shape index (κ3) is 2.39. The van der Waals surface area contributed by atoms with Crippen LogP contribution >= 0.6 is 0 Å². The van der Waals surface area contributed by atoms with E-state index in [9.17, 15) is 5.11 Å². The molecule has 0 amide bonds. The zero-order chi connectivity index (χ0) is 17.3. The second-order valence-corrected chi connectivity index (χ2v) is 5.31. The van der Waals surface area contributed by atoms with E-state index < -0.39 is 0 Å². The number of hydrogen-bond donors (Lipinski definition) is 1. The maximum absolute atomic E-state index is 10.5. The molecule has 2 aromatic carbocycles. The molecule has 1 aliphatic rings. The Hall–Kier alpha value is -2.60. The first kappa shape index (κ1) is 16.3. The van der Waals surface area contributed by atoms with Gasteiger partial charge in [0.25, 0.3) is 0 Å². The summed E-state index contributed by atoms with van der Waals surface area (Å²) < 4.78 is 27.4. The van der Waals surface area contributed by atoms with Crippen LogP contribution in [0.3, 0.4) is 0 Å². The van der Waals surface area contributed by atoms with Gasteiger partial charge in [0.1, 0.15) is 0 Å². The molecular formula is C18H20O6. The zero-order valence-corrected chi connectivity index (χ0v) is 14.1. The topological polar surface area (TPSA) is 66.4 Å². The minimum Gasteiger partial charge on any atom is -0.504 e. The molecule has 0 fully saturated rings.